The molecule has 0 atom stereocenters. The van der Waals surface area contributed by atoms with Crippen molar-refractivity contribution in [1.82, 2.24) is 24.1 Å². The van der Waals surface area contributed by atoms with Crippen molar-refractivity contribution in [3.63, 3.8) is 0 Å². The van der Waals surface area contributed by atoms with Gasteiger partial charge in [-0.15, -0.1) is 11.3 Å². The molecule has 0 N–H and O–H groups in total. The van der Waals surface area contributed by atoms with Crippen molar-refractivity contribution >= 4 is 75.1 Å². The van der Waals surface area contributed by atoms with Gasteiger partial charge in [0.2, 0.25) is 5.95 Å². The molecule has 51 heavy (non-hydrogen) atoms. The number of aromatic nitrogens is 5. The highest BCUT2D eigenvalue weighted by atomic mass is 32.1. The van der Waals surface area contributed by atoms with Gasteiger partial charge in [-0.1, -0.05) is 127 Å². The van der Waals surface area contributed by atoms with Gasteiger partial charge in [-0.25, -0.2) is 4.98 Å². The van der Waals surface area contributed by atoms with Gasteiger partial charge in [-0.05, 0) is 36.4 Å². The molecule has 0 spiro atoms. The van der Waals surface area contributed by atoms with Crippen LogP contribution in [0.2, 0.25) is 0 Å². The fourth-order valence-corrected chi connectivity index (χ4v) is 8.91. The topological polar surface area (TPSA) is 48.5 Å². The number of nitrogens with zero attached hydrogens (tertiary/aromatic N) is 5. The zero-order valence-electron chi connectivity index (χ0n) is 27.2. The van der Waals surface area contributed by atoms with E-state index in [1.54, 1.807) is 0 Å². The first-order valence-electron chi connectivity index (χ1n) is 17.0. The first-order chi connectivity index (χ1) is 25.3. The molecule has 5 nitrogen and oxygen atoms in total. The normalized spacial score (nSPS) is 11.9. The fraction of sp³-hybridized carbons (Fsp3) is 0. The lowest BCUT2D eigenvalue weighted by molar-refractivity contribution is 0.957. The lowest BCUT2D eigenvalue weighted by atomic mass is 10.1. The third kappa shape index (κ3) is 4.17. The summed E-state index contributed by atoms with van der Waals surface area (Å²) in [6.07, 6.45) is 0. The Morgan fingerprint density at radius 3 is 1.65 bits per heavy atom. The van der Waals surface area contributed by atoms with E-state index in [1.807, 2.05) is 47.7 Å². The molecule has 0 aliphatic carbocycles. The molecule has 0 saturated heterocycles. The molecule has 11 rings (SSSR count). The molecule has 11 aromatic rings. The summed E-state index contributed by atoms with van der Waals surface area (Å²) in [5, 5.41) is 7.12. The summed E-state index contributed by atoms with van der Waals surface area (Å²) in [6.45, 7) is 0. The van der Waals surface area contributed by atoms with Gasteiger partial charge >= 0.3 is 0 Å². The van der Waals surface area contributed by atoms with Crippen LogP contribution in [0.25, 0.3) is 98.2 Å². The van der Waals surface area contributed by atoms with Gasteiger partial charge in [-0.2, -0.15) is 9.97 Å². The third-order valence-corrected chi connectivity index (χ3v) is 11.1. The summed E-state index contributed by atoms with van der Waals surface area (Å²) in [5.74, 6) is 1.86. The maximum Gasteiger partial charge on any atom is 0.238 e. The zero-order chi connectivity index (χ0) is 33.5. The number of rotatable bonds is 4. The van der Waals surface area contributed by atoms with Gasteiger partial charge in [0.25, 0.3) is 0 Å². The summed E-state index contributed by atoms with van der Waals surface area (Å²) < 4.78 is 7.20. The van der Waals surface area contributed by atoms with E-state index >= 15 is 0 Å². The van der Waals surface area contributed by atoms with Crippen molar-refractivity contribution in [2.45, 2.75) is 0 Å². The van der Waals surface area contributed by atoms with Crippen LogP contribution in [0.1, 0.15) is 0 Å². The lowest BCUT2D eigenvalue weighted by Crippen LogP contribution is -2.06. The molecular formula is C45H27N5S. The summed E-state index contributed by atoms with van der Waals surface area (Å²) in [4.78, 5) is 15.7. The van der Waals surface area contributed by atoms with E-state index in [1.165, 1.54) is 36.3 Å². The fourth-order valence-electron chi connectivity index (χ4n) is 7.80. The van der Waals surface area contributed by atoms with Crippen molar-refractivity contribution in [2.24, 2.45) is 0 Å². The molecule has 6 heteroatoms. The van der Waals surface area contributed by atoms with Crippen LogP contribution in [0, 0.1) is 0 Å². The number of benzene rings is 7. The molecule has 7 aromatic carbocycles. The second kappa shape index (κ2) is 10.9. The van der Waals surface area contributed by atoms with Crippen LogP contribution in [0.15, 0.2) is 164 Å². The molecule has 0 amide bonds. The molecule has 0 aliphatic heterocycles. The Morgan fingerprint density at radius 1 is 0.373 bits per heavy atom. The van der Waals surface area contributed by atoms with Crippen LogP contribution >= 0.6 is 11.3 Å². The molecule has 0 saturated carbocycles. The van der Waals surface area contributed by atoms with Gasteiger partial charge in [-0.3, -0.25) is 4.57 Å². The average molecular weight is 670 g/mol. The highest BCUT2D eigenvalue weighted by molar-refractivity contribution is 7.26. The van der Waals surface area contributed by atoms with E-state index in [-0.39, 0.29) is 0 Å². The van der Waals surface area contributed by atoms with Crippen LogP contribution in [0.3, 0.4) is 0 Å². The van der Waals surface area contributed by atoms with Crippen molar-refractivity contribution < 1.29 is 0 Å². The van der Waals surface area contributed by atoms with E-state index < -0.39 is 0 Å². The summed E-state index contributed by atoms with van der Waals surface area (Å²) in [7, 11) is 0. The Bertz CT molecular complexity index is 3060. The van der Waals surface area contributed by atoms with Crippen molar-refractivity contribution in [1.29, 1.82) is 0 Å². The Hall–Kier alpha value is -6.63. The minimum absolute atomic E-state index is 0.592. The molecule has 0 aliphatic rings. The standard InChI is InChI=1S/C45H27N5S/c1-4-14-28(15-5-1)43-46-44(29-16-6-2-7-17-29)48-45(47-43)50-41-31(32-25-27-38-40(42(32)50)34-21-11-13-23-37(34)51-38)24-26-36-39(41)33-20-10-12-22-35(33)49(36)30-18-8-3-9-19-30/h1-27H. The summed E-state index contributed by atoms with van der Waals surface area (Å²) in [5.41, 5.74) is 7.47. The predicted molar refractivity (Wildman–Crippen MR) is 212 cm³/mol. The van der Waals surface area contributed by atoms with Crippen LogP contribution in [0.4, 0.5) is 0 Å². The largest absolute Gasteiger partial charge is 0.309 e. The number of para-hydroxylation sites is 2. The van der Waals surface area contributed by atoms with E-state index in [4.69, 9.17) is 15.0 Å². The minimum atomic E-state index is 0.592. The second-order valence-electron chi connectivity index (χ2n) is 12.8. The maximum absolute atomic E-state index is 5.33. The first kappa shape index (κ1) is 28.2. The van der Waals surface area contributed by atoms with E-state index in [9.17, 15) is 0 Å². The SMILES string of the molecule is c1ccc(-c2nc(-c3ccccc3)nc(-n3c4c(ccc5sc6ccccc6c54)c4ccc5c(c6ccccc6n5-c5ccccc5)c43)n2)cc1. The molecular weight excluding hydrogens is 643 g/mol. The Morgan fingerprint density at radius 2 is 0.941 bits per heavy atom. The Balaban J connectivity index is 1.38. The van der Waals surface area contributed by atoms with Gasteiger partial charge in [0.1, 0.15) is 0 Å². The predicted octanol–water partition coefficient (Wildman–Crippen LogP) is 11.8. The average Bonchev–Trinajstić information content (AvgIpc) is 3.86. The molecule has 0 radical (unpaired) electrons. The monoisotopic (exact) mass is 669 g/mol. The quantitative estimate of drug-likeness (QED) is 0.187. The third-order valence-electron chi connectivity index (χ3n) is 9.97. The number of hydrogen-bond donors (Lipinski definition) is 0. The maximum atomic E-state index is 5.33. The van der Waals surface area contributed by atoms with Crippen LogP contribution in [0.5, 0.6) is 0 Å². The highest BCUT2D eigenvalue weighted by Crippen LogP contribution is 2.46. The van der Waals surface area contributed by atoms with Crippen molar-refractivity contribution in [3.8, 4) is 34.4 Å². The van der Waals surface area contributed by atoms with E-state index in [2.05, 4.69) is 137 Å². The molecule has 0 unspecified atom stereocenters. The number of thiophene rings is 1. The molecule has 0 bridgehead atoms. The lowest BCUT2D eigenvalue weighted by Gasteiger charge is -2.12. The zero-order valence-corrected chi connectivity index (χ0v) is 28.0. The van der Waals surface area contributed by atoms with E-state index in [0.717, 1.165) is 44.3 Å². The van der Waals surface area contributed by atoms with Gasteiger partial charge in [0, 0.05) is 58.5 Å². The molecule has 4 aromatic heterocycles. The van der Waals surface area contributed by atoms with Crippen molar-refractivity contribution in [2.75, 3.05) is 0 Å². The second-order valence-corrected chi connectivity index (χ2v) is 13.9. The van der Waals surface area contributed by atoms with Gasteiger partial charge < -0.3 is 4.57 Å². The minimum Gasteiger partial charge on any atom is -0.309 e. The van der Waals surface area contributed by atoms with Gasteiger partial charge in [0.05, 0.1) is 22.1 Å². The molecule has 4 heterocycles. The van der Waals surface area contributed by atoms with E-state index in [0.29, 0.717) is 17.6 Å². The Kier molecular flexibility index (Phi) is 6.05. The number of fused-ring (bicyclic) bond motifs is 11. The number of hydrogen-bond acceptors (Lipinski definition) is 4. The smallest absolute Gasteiger partial charge is 0.238 e. The molecule has 238 valence electrons. The van der Waals surface area contributed by atoms with Crippen molar-refractivity contribution in [3.05, 3.63) is 164 Å². The molecule has 0 fully saturated rings. The van der Waals surface area contributed by atoms with Crippen LogP contribution in [-0.4, -0.2) is 24.1 Å². The Labute approximate surface area is 296 Å². The van der Waals surface area contributed by atoms with Crippen LogP contribution < -0.4 is 0 Å². The highest BCUT2D eigenvalue weighted by Gasteiger charge is 2.25. The first-order valence-corrected chi connectivity index (χ1v) is 17.9. The summed E-state index contributed by atoms with van der Waals surface area (Å²) in [6, 6.07) is 57.6. The van der Waals surface area contributed by atoms with Crippen LogP contribution in [-0.2, 0) is 0 Å². The van der Waals surface area contributed by atoms with Gasteiger partial charge in [0.15, 0.2) is 11.6 Å². The summed E-state index contributed by atoms with van der Waals surface area (Å²) >= 11 is 1.83.